The minimum Gasteiger partial charge on any atom is -0.497 e. The number of carbonyl (C=O) groups is 2. The molecule has 0 saturated carbocycles. The number of aromatic nitrogens is 2. The lowest BCUT2D eigenvalue weighted by atomic mass is 9.91. The number of amides is 1. The maximum Gasteiger partial charge on any atom is 0.415 e. The van der Waals surface area contributed by atoms with Crippen molar-refractivity contribution in [3.05, 3.63) is 53.7 Å². The van der Waals surface area contributed by atoms with Crippen molar-refractivity contribution < 1.29 is 24.2 Å². The summed E-state index contributed by atoms with van der Waals surface area (Å²) < 4.78 is 13.3. The number of carboxylic acid groups (broad SMARTS) is 1. The standard InChI is InChI=1S/C26H30N4O5/c1-17(2)30-23-14-20(34-3)8-9-21(23)22(27-30)15-28-12-10-26(11-13-28)16-29(25(33)35-26)19-6-4-18(5-7-19)24(31)32/h4-9,14,17H,10-13,15-16H2,1-3H3,(H,31,32). The fourth-order valence-electron chi connectivity index (χ4n) is 5.02. The van der Waals surface area contributed by atoms with E-state index in [0.717, 1.165) is 54.8 Å². The van der Waals surface area contributed by atoms with Gasteiger partial charge in [-0.3, -0.25) is 14.5 Å². The summed E-state index contributed by atoms with van der Waals surface area (Å²) in [6, 6.07) is 12.6. The van der Waals surface area contributed by atoms with Gasteiger partial charge < -0.3 is 14.6 Å². The summed E-state index contributed by atoms with van der Waals surface area (Å²) in [6.07, 6.45) is 1.09. The highest BCUT2D eigenvalue weighted by molar-refractivity contribution is 5.92. The summed E-state index contributed by atoms with van der Waals surface area (Å²) in [7, 11) is 1.67. The molecule has 0 bridgehead atoms. The van der Waals surface area contributed by atoms with Gasteiger partial charge in [-0.25, -0.2) is 9.59 Å². The molecule has 2 aliphatic heterocycles. The summed E-state index contributed by atoms with van der Waals surface area (Å²) in [5.41, 5.74) is 2.43. The van der Waals surface area contributed by atoms with Crippen LogP contribution in [0.5, 0.6) is 5.75 Å². The fourth-order valence-corrected chi connectivity index (χ4v) is 5.02. The zero-order chi connectivity index (χ0) is 24.7. The fraction of sp³-hybridized carbons (Fsp3) is 0.423. The van der Waals surface area contributed by atoms with Crippen molar-refractivity contribution in [2.45, 2.75) is 44.9 Å². The van der Waals surface area contributed by atoms with Crippen molar-refractivity contribution in [3.63, 3.8) is 0 Å². The van der Waals surface area contributed by atoms with E-state index >= 15 is 0 Å². The normalized spacial score (nSPS) is 17.9. The van der Waals surface area contributed by atoms with Crippen molar-refractivity contribution in [2.24, 2.45) is 0 Å². The first-order valence-corrected chi connectivity index (χ1v) is 11.9. The molecule has 2 saturated heterocycles. The first-order chi connectivity index (χ1) is 16.8. The second-order valence-corrected chi connectivity index (χ2v) is 9.63. The van der Waals surface area contributed by atoms with E-state index in [1.807, 2.05) is 16.8 Å². The van der Waals surface area contributed by atoms with E-state index in [2.05, 4.69) is 24.8 Å². The van der Waals surface area contributed by atoms with Crippen LogP contribution in [0.1, 0.15) is 48.8 Å². The molecule has 3 aromatic rings. The highest BCUT2D eigenvalue weighted by Crippen LogP contribution is 2.36. The third kappa shape index (κ3) is 4.32. The Kier molecular flexibility index (Phi) is 5.88. The molecule has 184 valence electrons. The molecule has 1 N–H and O–H groups in total. The van der Waals surface area contributed by atoms with Crippen LogP contribution < -0.4 is 9.64 Å². The Labute approximate surface area is 203 Å². The van der Waals surface area contributed by atoms with Crippen LogP contribution in [0.3, 0.4) is 0 Å². The smallest absolute Gasteiger partial charge is 0.415 e. The van der Waals surface area contributed by atoms with Crippen molar-refractivity contribution >= 4 is 28.7 Å². The van der Waals surface area contributed by atoms with E-state index in [-0.39, 0.29) is 17.7 Å². The number of likely N-dealkylation sites (tertiary alicyclic amines) is 1. The van der Waals surface area contributed by atoms with Crippen LogP contribution in [-0.4, -0.2) is 64.2 Å². The van der Waals surface area contributed by atoms with Crippen LogP contribution in [0.4, 0.5) is 10.5 Å². The average molecular weight is 479 g/mol. The maximum absolute atomic E-state index is 12.7. The van der Waals surface area contributed by atoms with Crippen molar-refractivity contribution in [3.8, 4) is 5.75 Å². The lowest BCUT2D eigenvalue weighted by Crippen LogP contribution is -2.46. The molecule has 0 aliphatic carbocycles. The largest absolute Gasteiger partial charge is 0.497 e. The predicted octanol–water partition coefficient (Wildman–Crippen LogP) is 4.32. The second-order valence-electron chi connectivity index (χ2n) is 9.63. The summed E-state index contributed by atoms with van der Waals surface area (Å²) in [6.45, 7) is 7.03. The van der Waals surface area contributed by atoms with Crippen molar-refractivity contribution in [1.29, 1.82) is 0 Å². The lowest BCUT2D eigenvalue weighted by molar-refractivity contribution is -0.00120. The number of nitrogens with zero attached hydrogens (tertiary/aromatic N) is 4. The predicted molar refractivity (Wildman–Crippen MR) is 131 cm³/mol. The third-order valence-corrected chi connectivity index (χ3v) is 7.02. The monoisotopic (exact) mass is 478 g/mol. The van der Waals surface area contributed by atoms with Crippen LogP contribution >= 0.6 is 0 Å². The van der Waals surface area contributed by atoms with E-state index in [9.17, 15) is 9.59 Å². The first kappa shape index (κ1) is 23.2. The highest BCUT2D eigenvalue weighted by Gasteiger charge is 2.47. The molecular formula is C26H30N4O5. The van der Waals surface area contributed by atoms with Crippen molar-refractivity contribution in [1.82, 2.24) is 14.7 Å². The van der Waals surface area contributed by atoms with Crippen LogP contribution in [0, 0.1) is 0 Å². The number of hydrogen-bond acceptors (Lipinski definition) is 6. The van der Waals surface area contributed by atoms with E-state index in [1.165, 1.54) is 12.1 Å². The SMILES string of the molecule is COc1ccc2c(CN3CCC4(CC3)CN(c3ccc(C(=O)O)cc3)C(=O)O4)nn(C(C)C)c2c1. The number of piperidine rings is 1. The number of fused-ring (bicyclic) bond motifs is 1. The molecule has 9 heteroatoms. The van der Waals surface area contributed by atoms with Gasteiger partial charge in [-0.05, 0) is 50.2 Å². The van der Waals surface area contributed by atoms with Gasteiger partial charge in [-0.2, -0.15) is 5.10 Å². The number of anilines is 1. The first-order valence-electron chi connectivity index (χ1n) is 11.9. The Morgan fingerprint density at radius 1 is 1.17 bits per heavy atom. The molecule has 2 aromatic carbocycles. The Morgan fingerprint density at radius 3 is 2.51 bits per heavy atom. The van der Waals surface area contributed by atoms with E-state index in [1.54, 1.807) is 24.1 Å². The Hall–Kier alpha value is -3.59. The molecule has 9 nitrogen and oxygen atoms in total. The summed E-state index contributed by atoms with van der Waals surface area (Å²) in [5, 5.41) is 15.2. The molecule has 2 fully saturated rings. The Bertz CT molecular complexity index is 1260. The third-order valence-electron chi connectivity index (χ3n) is 7.02. The maximum atomic E-state index is 12.7. The average Bonchev–Trinajstić information content (AvgIpc) is 3.37. The zero-order valence-corrected chi connectivity index (χ0v) is 20.2. The molecule has 1 spiro atoms. The minimum absolute atomic E-state index is 0.190. The molecule has 1 amide bonds. The molecule has 0 atom stereocenters. The van der Waals surface area contributed by atoms with Crippen LogP contribution in [-0.2, 0) is 11.3 Å². The van der Waals surface area contributed by atoms with Gasteiger partial charge in [0.05, 0.1) is 30.4 Å². The summed E-state index contributed by atoms with van der Waals surface area (Å²) in [5.74, 6) is -0.175. The molecule has 3 heterocycles. The molecule has 2 aliphatic rings. The molecule has 0 radical (unpaired) electrons. The zero-order valence-electron chi connectivity index (χ0n) is 20.2. The van der Waals surface area contributed by atoms with Gasteiger partial charge >= 0.3 is 12.1 Å². The van der Waals surface area contributed by atoms with Crippen molar-refractivity contribution in [2.75, 3.05) is 31.6 Å². The Balaban J connectivity index is 1.27. The van der Waals surface area contributed by atoms with Crippen LogP contribution in [0.25, 0.3) is 10.9 Å². The topological polar surface area (TPSA) is 97.1 Å². The number of ether oxygens (including phenoxy) is 2. The van der Waals surface area contributed by atoms with Gasteiger partial charge in [0.2, 0.25) is 0 Å². The lowest BCUT2D eigenvalue weighted by Gasteiger charge is -2.37. The van der Waals surface area contributed by atoms with Gasteiger partial charge in [-0.15, -0.1) is 0 Å². The second kappa shape index (κ2) is 8.88. The summed E-state index contributed by atoms with van der Waals surface area (Å²) in [4.78, 5) is 27.7. The molecular weight excluding hydrogens is 448 g/mol. The minimum atomic E-state index is -0.991. The number of methoxy groups -OCH3 is 1. The number of aromatic carboxylic acids is 1. The highest BCUT2D eigenvalue weighted by atomic mass is 16.6. The van der Waals surface area contributed by atoms with Gasteiger partial charge in [0, 0.05) is 55.7 Å². The quantitative estimate of drug-likeness (QED) is 0.564. The molecule has 35 heavy (non-hydrogen) atoms. The number of rotatable bonds is 6. The van der Waals surface area contributed by atoms with Crippen LogP contribution in [0.2, 0.25) is 0 Å². The van der Waals surface area contributed by atoms with Gasteiger partial charge in [0.1, 0.15) is 11.4 Å². The van der Waals surface area contributed by atoms with Gasteiger partial charge in [0.25, 0.3) is 0 Å². The number of benzene rings is 2. The number of carboxylic acids is 1. The van der Waals surface area contributed by atoms with Gasteiger partial charge in [0.15, 0.2) is 0 Å². The van der Waals surface area contributed by atoms with E-state index < -0.39 is 11.6 Å². The van der Waals surface area contributed by atoms with Crippen LogP contribution in [0.15, 0.2) is 42.5 Å². The van der Waals surface area contributed by atoms with E-state index in [4.69, 9.17) is 19.7 Å². The molecule has 5 rings (SSSR count). The number of hydrogen-bond donors (Lipinski definition) is 1. The summed E-state index contributed by atoms with van der Waals surface area (Å²) >= 11 is 0. The molecule has 0 unspecified atom stereocenters. The Morgan fingerprint density at radius 2 is 1.89 bits per heavy atom. The van der Waals surface area contributed by atoms with Gasteiger partial charge in [-0.1, -0.05) is 0 Å². The number of carbonyl (C=O) groups excluding carboxylic acids is 1. The van der Waals surface area contributed by atoms with E-state index in [0.29, 0.717) is 12.2 Å². The molecule has 1 aromatic heterocycles.